The van der Waals surface area contributed by atoms with Gasteiger partial charge in [-0.1, -0.05) is 6.07 Å². The molecule has 3 nitrogen and oxygen atoms in total. The van der Waals surface area contributed by atoms with Gasteiger partial charge in [-0.3, -0.25) is 4.79 Å². The maximum absolute atomic E-state index is 13.1. The SMILES string of the molecule is COc1cccc(Oc2ccc(F)cc2C(C)=O)c1. The summed E-state index contributed by atoms with van der Waals surface area (Å²) in [5, 5.41) is 0. The Balaban J connectivity index is 2.34. The van der Waals surface area contributed by atoms with E-state index in [1.165, 1.54) is 19.1 Å². The fourth-order valence-corrected chi connectivity index (χ4v) is 1.66. The molecule has 2 aromatic carbocycles. The van der Waals surface area contributed by atoms with Crippen molar-refractivity contribution in [3.63, 3.8) is 0 Å². The molecule has 0 heterocycles. The van der Waals surface area contributed by atoms with Crippen molar-refractivity contribution in [3.05, 3.63) is 53.8 Å². The molecule has 0 unspecified atom stereocenters. The number of ether oxygens (including phenoxy) is 2. The van der Waals surface area contributed by atoms with Crippen LogP contribution in [0, 0.1) is 5.82 Å². The quantitative estimate of drug-likeness (QED) is 0.784. The molecule has 0 spiro atoms. The van der Waals surface area contributed by atoms with E-state index < -0.39 is 5.82 Å². The van der Waals surface area contributed by atoms with Gasteiger partial charge in [-0.05, 0) is 37.3 Å². The third-order valence-corrected chi connectivity index (χ3v) is 2.59. The summed E-state index contributed by atoms with van der Waals surface area (Å²) < 4.78 is 23.8. The standard InChI is InChI=1S/C15H13FO3/c1-10(17)14-8-11(16)6-7-15(14)19-13-5-3-4-12(9-13)18-2/h3-9H,1-2H3. The van der Waals surface area contributed by atoms with Crippen LogP contribution in [0.4, 0.5) is 4.39 Å². The monoisotopic (exact) mass is 260 g/mol. The maximum Gasteiger partial charge on any atom is 0.163 e. The number of methoxy groups -OCH3 is 1. The second kappa shape index (κ2) is 5.52. The number of carbonyl (C=O) groups is 1. The zero-order valence-corrected chi connectivity index (χ0v) is 10.6. The van der Waals surface area contributed by atoms with Crippen LogP contribution in [0.1, 0.15) is 17.3 Å². The molecule has 0 bridgehead atoms. The Labute approximate surface area is 110 Å². The van der Waals surface area contributed by atoms with Crippen LogP contribution in [0.25, 0.3) is 0 Å². The van der Waals surface area contributed by atoms with Crippen LogP contribution in [0.3, 0.4) is 0 Å². The van der Waals surface area contributed by atoms with Crippen molar-refractivity contribution in [2.45, 2.75) is 6.92 Å². The van der Waals surface area contributed by atoms with Gasteiger partial charge in [0.05, 0.1) is 12.7 Å². The number of hydrogen-bond acceptors (Lipinski definition) is 3. The summed E-state index contributed by atoms with van der Waals surface area (Å²) >= 11 is 0. The largest absolute Gasteiger partial charge is 0.497 e. The third-order valence-electron chi connectivity index (χ3n) is 2.59. The van der Waals surface area contributed by atoms with Crippen LogP contribution < -0.4 is 9.47 Å². The first-order valence-corrected chi connectivity index (χ1v) is 5.72. The Morgan fingerprint density at radius 3 is 2.53 bits per heavy atom. The zero-order valence-electron chi connectivity index (χ0n) is 10.6. The summed E-state index contributed by atoms with van der Waals surface area (Å²) in [7, 11) is 1.55. The van der Waals surface area contributed by atoms with E-state index >= 15 is 0 Å². The molecule has 0 fully saturated rings. The average molecular weight is 260 g/mol. The minimum atomic E-state index is -0.469. The molecule has 0 N–H and O–H groups in total. The molecule has 2 aromatic rings. The number of carbonyl (C=O) groups excluding carboxylic acids is 1. The Morgan fingerprint density at radius 2 is 1.84 bits per heavy atom. The van der Waals surface area contributed by atoms with Crippen LogP contribution in [-0.4, -0.2) is 12.9 Å². The average Bonchev–Trinajstić information content (AvgIpc) is 2.41. The molecule has 4 heteroatoms. The van der Waals surface area contributed by atoms with Crippen molar-refractivity contribution in [2.24, 2.45) is 0 Å². The molecule has 0 aliphatic rings. The van der Waals surface area contributed by atoms with Gasteiger partial charge in [-0.15, -0.1) is 0 Å². The molecule has 0 atom stereocenters. The van der Waals surface area contributed by atoms with Crippen LogP contribution >= 0.6 is 0 Å². The lowest BCUT2D eigenvalue weighted by Crippen LogP contribution is -1.98. The molecule has 0 aliphatic carbocycles. The summed E-state index contributed by atoms with van der Waals surface area (Å²) in [6.07, 6.45) is 0. The Morgan fingerprint density at radius 1 is 1.11 bits per heavy atom. The molecule has 2 rings (SSSR count). The molecule has 0 radical (unpaired) electrons. The highest BCUT2D eigenvalue weighted by Crippen LogP contribution is 2.28. The fraction of sp³-hybridized carbons (Fsp3) is 0.133. The van der Waals surface area contributed by atoms with Crippen LogP contribution in [0.2, 0.25) is 0 Å². The minimum Gasteiger partial charge on any atom is -0.497 e. The van der Waals surface area contributed by atoms with Gasteiger partial charge >= 0.3 is 0 Å². The molecule has 0 aliphatic heterocycles. The summed E-state index contributed by atoms with van der Waals surface area (Å²) in [6, 6.07) is 10.8. The summed E-state index contributed by atoms with van der Waals surface area (Å²) in [6.45, 7) is 1.37. The highest BCUT2D eigenvalue weighted by atomic mass is 19.1. The van der Waals surface area contributed by atoms with Gasteiger partial charge in [0.2, 0.25) is 0 Å². The van der Waals surface area contributed by atoms with E-state index in [0.717, 1.165) is 6.07 Å². The molecule has 0 saturated carbocycles. The van der Waals surface area contributed by atoms with Gasteiger partial charge in [0.25, 0.3) is 0 Å². The molecule has 0 saturated heterocycles. The summed E-state index contributed by atoms with van der Waals surface area (Å²) in [5.74, 6) is 0.764. The number of benzene rings is 2. The van der Waals surface area contributed by atoms with Crippen molar-refractivity contribution in [1.29, 1.82) is 0 Å². The minimum absolute atomic E-state index is 0.211. The second-order valence-corrected chi connectivity index (χ2v) is 3.98. The number of hydrogen-bond donors (Lipinski definition) is 0. The van der Waals surface area contributed by atoms with Crippen LogP contribution in [-0.2, 0) is 0 Å². The normalized spacial score (nSPS) is 10.1. The second-order valence-electron chi connectivity index (χ2n) is 3.98. The Bertz CT molecular complexity index is 608. The van der Waals surface area contributed by atoms with Crippen LogP contribution in [0.5, 0.6) is 17.2 Å². The lowest BCUT2D eigenvalue weighted by atomic mass is 10.1. The summed E-state index contributed by atoms with van der Waals surface area (Å²) in [4.78, 5) is 11.5. The topological polar surface area (TPSA) is 35.5 Å². The van der Waals surface area contributed by atoms with Gasteiger partial charge < -0.3 is 9.47 Å². The molecule has 0 amide bonds. The predicted molar refractivity (Wildman–Crippen MR) is 69.5 cm³/mol. The van der Waals surface area contributed by atoms with Crippen molar-refractivity contribution < 1.29 is 18.7 Å². The molecular weight excluding hydrogens is 247 g/mol. The highest BCUT2D eigenvalue weighted by Gasteiger charge is 2.11. The van der Waals surface area contributed by atoms with Crippen LogP contribution in [0.15, 0.2) is 42.5 Å². The van der Waals surface area contributed by atoms with Crippen molar-refractivity contribution in [2.75, 3.05) is 7.11 Å². The first-order chi connectivity index (χ1) is 9.10. The highest BCUT2D eigenvalue weighted by molar-refractivity contribution is 5.96. The molecule has 0 aromatic heterocycles. The fourth-order valence-electron chi connectivity index (χ4n) is 1.66. The Hall–Kier alpha value is -2.36. The van der Waals surface area contributed by atoms with Gasteiger partial charge in [-0.2, -0.15) is 0 Å². The molecular formula is C15H13FO3. The lowest BCUT2D eigenvalue weighted by Gasteiger charge is -2.10. The maximum atomic E-state index is 13.1. The van der Waals surface area contributed by atoms with E-state index in [-0.39, 0.29) is 11.3 Å². The van der Waals surface area contributed by atoms with E-state index in [2.05, 4.69) is 0 Å². The zero-order chi connectivity index (χ0) is 13.8. The number of rotatable bonds is 4. The first-order valence-electron chi connectivity index (χ1n) is 5.72. The molecule has 98 valence electrons. The van der Waals surface area contributed by atoms with Gasteiger partial charge in [0.15, 0.2) is 5.78 Å². The predicted octanol–water partition coefficient (Wildman–Crippen LogP) is 3.83. The van der Waals surface area contributed by atoms with E-state index in [4.69, 9.17) is 9.47 Å². The molecule has 19 heavy (non-hydrogen) atoms. The number of Topliss-reactive ketones (excluding diaryl/α,β-unsaturated/α-hetero) is 1. The van der Waals surface area contributed by atoms with Crippen molar-refractivity contribution in [1.82, 2.24) is 0 Å². The first kappa shape index (κ1) is 13.1. The third kappa shape index (κ3) is 3.10. The summed E-state index contributed by atoms with van der Waals surface area (Å²) in [5.41, 5.74) is 0.211. The van der Waals surface area contributed by atoms with E-state index in [0.29, 0.717) is 17.2 Å². The van der Waals surface area contributed by atoms with E-state index in [9.17, 15) is 9.18 Å². The van der Waals surface area contributed by atoms with Gasteiger partial charge in [0, 0.05) is 6.07 Å². The van der Waals surface area contributed by atoms with E-state index in [1.807, 2.05) is 0 Å². The van der Waals surface area contributed by atoms with Gasteiger partial charge in [-0.25, -0.2) is 4.39 Å². The van der Waals surface area contributed by atoms with Gasteiger partial charge in [0.1, 0.15) is 23.1 Å². The van der Waals surface area contributed by atoms with Crippen molar-refractivity contribution in [3.8, 4) is 17.2 Å². The number of halogens is 1. The Kier molecular flexibility index (Phi) is 3.80. The lowest BCUT2D eigenvalue weighted by molar-refractivity contribution is 0.101. The smallest absolute Gasteiger partial charge is 0.163 e. The van der Waals surface area contributed by atoms with Crippen molar-refractivity contribution >= 4 is 5.78 Å². The van der Waals surface area contributed by atoms with E-state index in [1.54, 1.807) is 31.4 Å². The number of ketones is 1.